The maximum absolute atomic E-state index is 13.1. The summed E-state index contributed by atoms with van der Waals surface area (Å²) < 4.78 is 12.0. The number of hydrogen-bond acceptors (Lipinski definition) is 7. The van der Waals surface area contributed by atoms with E-state index in [2.05, 4.69) is 22.8 Å². The molecule has 4 N–H and O–H groups in total. The second-order valence-electron chi connectivity index (χ2n) is 9.19. The van der Waals surface area contributed by atoms with Crippen molar-refractivity contribution in [2.45, 2.75) is 51.1 Å². The zero-order valence-corrected chi connectivity index (χ0v) is 19.5. The number of benzene rings is 2. The van der Waals surface area contributed by atoms with E-state index in [1.54, 1.807) is 12.1 Å². The summed E-state index contributed by atoms with van der Waals surface area (Å²) in [5, 5.41) is 5.68. The summed E-state index contributed by atoms with van der Waals surface area (Å²) in [5.74, 6) is -0.372. The highest BCUT2D eigenvalue weighted by Gasteiger charge is 2.40. The number of carbonyl (C=O) groups excluding carboxylic acids is 3. The highest BCUT2D eigenvalue weighted by atomic mass is 16.5. The fourth-order valence-corrected chi connectivity index (χ4v) is 4.94. The first-order chi connectivity index (χ1) is 17.0. The Labute approximate surface area is 203 Å². The molecule has 35 heavy (non-hydrogen) atoms. The van der Waals surface area contributed by atoms with E-state index in [0.29, 0.717) is 24.3 Å². The van der Waals surface area contributed by atoms with E-state index in [0.717, 1.165) is 42.8 Å². The summed E-state index contributed by atoms with van der Waals surface area (Å²) >= 11 is 0. The van der Waals surface area contributed by atoms with Crippen LogP contribution < -0.4 is 21.1 Å². The summed E-state index contributed by atoms with van der Waals surface area (Å²) in [6.45, 7) is 3.35. The van der Waals surface area contributed by atoms with Crippen LogP contribution in [0.5, 0.6) is 5.75 Å². The zero-order chi connectivity index (χ0) is 24.4. The summed E-state index contributed by atoms with van der Waals surface area (Å²) in [4.78, 5) is 38.5. The lowest BCUT2D eigenvalue weighted by atomic mass is 10.0. The molecule has 2 aromatic rings. The number of fused-ring (bicyclic) bond motifs is 1. The number of carbonyl (C=O) groups is 3. The predicted octanol–water partition coefficient (Wildman–Crippen LogP) is 1.02. The standard InChI is InChI=1S/C26H30N4O5/c27-12-18-5-6-20-21(14-30(26(20)33)22-7-8-23(31)29-25(22)32)24(18)35-15-17-3-1-16(2-4-17)11-19-13-28-9-10-34-19/h1-6,19,22,28H,7-15,27H2,(H,29,31,32). The average Bonchev–Trinajstić information content (AvgIpc) is 3.20. The first-order valence-corrected chi connectivity index (χ1v) is 12.1. The third kappa shape index (κ3) is 4.93. The molecule has 0 aromatic heterocycles. The minimum atomic E-state index is -0.669. The molecule has 3 amide bonds. The number of nitrogens with two attached hydrogens (primary N) is 1. The zero-order valence-electron chi connectivity index (χ0n) is 19.5. The van der Waals surface area contributed by atoms with Gasteiger partial charge in [0.2, 0.25) is 11.8 Å². The molecule has 3 aliphatic heterocycles. The maximum Gasteiger partial charge on any atom is 0.255 e. The van der Waals surface area contributed by atoms with Gasteiger partial charge in [0.15, 0.2) is 0 Å². The van der Waals surface area contributed by atoms with Gasteiger partial charge in [-0.15, -0.1) is 0 Å². The molecule has 9 nitrogen and oxygen atoms in total. The Morgan fingerprint density at radius 1 is 1.09 bits per heavy atom. The van der Waals surface area contributed by atoms with Crippen molar-refractivity contribution in [3.8, 4) is 5.75 Å². The minimum Gasteiger partial charge on any atom is -0.488 e. The molecule has 3 heterocycles. The maximum atomic E-state index is 13.1. The summed E-state index contributed by atoms with van der Waals surface area (Å²) in [7, 11) is 0. The molecule has 2 aromatic carbocycles. The Kier molecular flexibility index (Phi) is 6.81. The van der Waals surface area contributed by atoms with Crippen molar-refractivity contribution < 1.29 is 23.9 Å². The predicted molar refractivity (Wildman–Crippen MR) is 127 cm³/mol. The van der Waals surface area contributed by atoms with Gasteiger partial charge in [-0.1, -0.05) is 30.3 Å². The minimum absolute atomic E-state index is 0.190. The van der Waals surface area contributed by atoms with Crippen LogP contribution in [0.15, 0.2) is 36.4 Å². The Morgan fingerprint density at radius 2 is 1.89 bits per heavy atom. The van der Waals surface area contributed by atoms with Crippen molar-refractivity contribution in [3.05, 3.63) is 64.2 Å². The van der Waals surface area contributed by atoms with Gasteiger partial charge >= 0.3 is 0 Å². The van der Waals surface area contributed by atoms with Crippen molar-refractivity contribution in [1.29, 1.82) is 0 Å². The van der Waals surface area contributed by atoms with Crippen molar-refractivity contribution in [1.82, 2.24) is 15.5 Å². The molecule has 9 heteroatoms. The topological polar surface area (TPSA) is 123 Å². The molecule has 2 saturated heterocycles. The fourth-order valence-electron chi connectivity index (χ4n) is 4.94. The average molecular weight is 479 g/mol. The second-order valence-corrected chi connectivity index (χ2v) is 9.19. The van der Waals surface area contributed by atoms with Crippen molar-refractivity contribution >= 4 is 17.7 Å². The van der Waals surface area contributed by atoms with Gasteiger partial charge in [-0.3, -0.25) is 19.7 Å². The monoisotopic (exact) mass is 478 g/mol. The van der Waals surface area contributed by atoms with Gasteiger partial charge in [0, 0.05) is 42.7 Å². The molecular weight excluding hydrogens is 448 g/mol. The first-order valence-electron chi connectivity index (χ1n) is 12.1. The van der Waals surface area contributed by atoms with Crippen molar-refractivity contribution in [3.63, 3.8) is 0 Å². The molecule has 184 valence electrons. The number of ether oxygens (including phenoxy) is 2. The molecular formula is C26H30N4O5. The number of amides is 3. The second kappa shape index (κ2) is 10.2. The van der Waals surface area contributed by atoms with Crippen LogP contribution in [0.25, 0.3) is 0 Å². The largest absolute Gasteiger partial charge is 0.488 e. The first kappa shape index (κ1) is 23.5. The highest BCUT2D eigenvalue weighted by Crippen LogP contribution is 2.36. The van der Waals surface area contributed by atoms with Crippen LogP contribution >= 0.6 is 0 Å². The number of hydrogen-bond donors (Lipinski definition) is 3. The van der Waals surface area contributed by atoms with Gasteiger partial charge in [0.05, 0.1) is 19.3 Å². The molecule has 0 bridgehead atoms. The number of nitrogens with one attached hydrogen (secondary N) is 2. The highest BCUT2D eigenvalue weighted by molar-refractivity contribution is 6.05. The lowest BCUT2D eigenvalue weighted by molar-refractivity contribution is -0.136. The van der Waals surface area contributed by atoms with Crippen LogP contribution in [0.3, 0.4) is 0 Å². The van der Waals surface area contributed by atoms with E-state index in [1.807, 2.05) is 12.1 Å². The number of rotatable bonds is 7. The molecule has 2 unspecified atom stereocenters. The van der Waals surface area contributed by atoms with Crippen LogP contribution in [-0.2, 0) is 40.4 Å². The third-order valence-corrected chi connectivity index (χ3v) is 6.84. The Balaban J connectivity index is 1.29. The quantitative estimate of drug-likeness (QED) is 0.508. The molecule has 0 aliphatic carbocycles. The molecule has 0 radical (unpaired) electrons. The van der Waals surface area contributed by atoms with E-state index < -0.39 is 11.9 Å². The SMILES string of the molecule is NCc1ccc2c(c1OCc1ccc(CC3CNCCO3)cc1)CN(C1CCC(=O)NC1=O)C2=O. The summed E-state index contributed by atoms with van der Waals surface area (Å²) in [6, 6.07) is 11.1. The molecule has 0 spiro atoms. The lowest BCUT2D eigenvalue weighted by Gasteiger charge is -2.29. The number of nitrogens with zero attached hydrogens (tertiary/aromatic N) is 1. The summed E-state index contributed by atoms with van der Waals surface area (Å²) in [6.07, 6.45) is 1.58. The molecule has 0 saturated carbocycles. The van der Waals surface area contributed by atoms with Crippen LogP contribution in [-0.4, -0.2) is 54.5 Å². The third-order valence-electron chi connectivity index (χ3n) is 6.84. The number of imide groups is 1. The molecule has 2 fully saturated rings. The molecule has 3 aliphatic rings. The number of morpholine rings is 1. The van der Waals surface area contributed by atoms with E-state index in [9.17, 15) is 14.4 Å². The van der Waals surface area contributed by atoms with Gasteiger partial charge in [-0.05, 0) is 30.0 Å². The van der Waals surface area contributed by atoms with Gasteiger partial charge in [-0.25, -0.2) is 0 Å². The fraction of sp³-hybridized carbons (Fsp3) is 0.423. The van der Waals surface area contributed by atoms with E-state index >= 15 is 0 Å². The van der Waals surface area contributed by atoms with Crippen molar-refractivity contribution in [2.24, 2.45) is 5.73 Å². The lowest BCUT2D eigenvalue weighted by Crippen LogP contribution is -2.52. The summed E-state index contributed by atoms with van der Waals surface area (Å²) in [5.41, 5.74) is 10.2. The smallest absolute Gasteiger partial charge is 0.255 e. The van der Waals surface area contributed by atoms with Gasteiger partial charge in [0.25, 0.3) is 5.91 Å². The normalized spacial score (nSPS) is 22.2. The Bertz CT molecular complexity index is 1130. The number of piperidine rings is 1. The van der Waals surface area contributed by atoms with Gasteiger partial charge in [0.1, 0.15) is 18.4 Å². The van der Waals surface area contributed by atoms with E-state index in [-0.39, 0.29) is 37.4 Å². The van der Waals surface area contributed by atoms with Crippen LogP contribution in [0.2, 0.25) is 0 Å². The van der Waals surface area contributed by atoms with Gasteiger partial charge in [-0.2, -0.15) is 0 Å². The van der Waals surface area contributed by atoms with E-state index in [1.165, 1.54) is 10.5 Å². The van der Waals surface area contributed by atoms with Gasteiger partial charge < -0.3 is 25.4 Å². The Hall–Kier alpha value is -3.27. The van der Waals surface area contributed by atoms with Crippen LogP contribution in [0, 0.1) is 0 Å². The van der Waals surface area contributed by atoms with Crippen molar-refractivity contribution in [2.75, 3.05) is 19.7 Å². The van der Waals surface area contributed by atoms with Crippen LogP contribution in [0.1, 0.15) is 45.5 Å². The molecule has 2 atom stereocenters. The molecule has 5 rings (SSSR count). The van der Waals surface area contributed by atoms with Crippen LogP contribution in [0.4, 0.5) is 0 Å². The Morgan fingerprint density at radius 3 is 2.60 bits per heavy atom. The van der Waals surface area contributed by atoms with E-state index in [4.69, 9.17) is 15.2 Å².